The Bertz CT molecular complexity index is 913. The van der Waals surface area contributed by atoms with E-state index in [1.165, 1.54) is 6.07 Å². The van der Waals surface area contributed by atoms with E-state index in [4.69, 9.17) is 15.3 Å². The maximum absolute atomic E-state index is 9.09. The van der Waals surface area contributed by atoms with Crippen molar-refractivity contribution in [3.05, 3.63) is 70.8 Å². The van der Waals surface area contributed by atoms with Crippen LogP contribution in [-0.2, 0) is 6.42 Å². The number of rotatable bonds is 4. The van der Waals surface area contributed by atoms with Crippen LogP contribution in [0.5, 0.6) is 11.5 Å². The Hall–Kier alpha value is -3.57. The number of aryl methyl sites for hydroxylation is 1. The number of ether oxygens (including phenoxy) is 1. The molecule has 5 nitrogen and oxygen atoms in total. The first-order chi connectivity index (χ1) is 12.2. The van der Waals surface area contributed by atoms with E-state index in [0.29, 0.717) is 29.0 Å². The molecule has 0 aromatic heterocycles. The van der Waals surface area contributed by atoms with Gasteiger partial charge >= 0.3 is 0 Å². The predicted molar refractivity (Wildman–Crippen MR) is 95.4 cm³/mol. The molecule has 1 heterocycles. The number of allylic oxidation sites excluding steroid dienone is 1. The molecule has 2 aromatic rings. The third-order valence-electron chi connectivity index (χ3n) is 3.77. The maximum Gasteiger partial charge on any atom is 0.130 e. The molecule has 1 aliphatic rings. The van der Waals surface area contributed by atoms with Crippen LogP contribution in [0.15, 0.2) is 53.7 Å². The monoisotopic (exact) mass is 328 g/mol. The van der Waals surface area contributed by atoms with Gasteiger partial charge in [0.1, 0.15) is 11.5 Å². The molecule has 0 fully saturated rings. The van der Waals surface area contributed by atoms with Gasteiger partial charge in [-0.2, -0.15) is 15.6 Å². The molecule has 5 heteroatoms. The molecule has 0 saturated heterocycles. The lowest BCUT2D eigenvalue weighted by atomic mass is 10.0. The Morgan fingerprint density at radius 1 is 1.12 bits per heavy atom. The molecule has 0 saturated carbocycles. The van der Waals surface area contributed by atoms with Crippen LogP contribution in [0.25, 0.3) is 0 Å². The lowest BCUT2D eigenvalue weighted by molar-refractivity contribution is 0.478. The summed E-state index contributed by atoms with van der Waals surface area (Å²) in [6.45, 7) is 2.71. The van der Waals surface area contributed by atoms with Gasteiger partial charge in [-0.1, -0.05) is 18.2 Å². The second-order valence-electron chi connectivity index (χ2n) is 5.72. The number of hydrogen-bond donors (Lipinski definition) is 1. The van der Waals surface area contributed by atoms with Crippen LogP contribution in [0.1, 0.15) is 22.3 Å². The molecule has 25 heavy (non-hydrogen) atoms. The van der Waals surface area contributed by atoms with Gasteiger partial charge in [0.15, 0.2) is 0 Å². The highest BCUT2D eigenvalue weighted by Crippen LogP contribution is 2.28. The van der Waals surface area contributed by atoms with E-state index in [0.717, 1.165) is 23.4 Å². The van der Waals surface area contributed by atoms with Crippen LogP contribution in [0.3, 0.4) is 0 Å². The van der Waals surface area contributed by atoms with Gasteiger partial charge in [-0.25, -0.2) is 0 Å². The van der Waals surface area contributed by atoms with Crippen LogP contribution in [0, 0.1) is 29.6 Å². The average molecular weight is 328 g/mol. The van der Waals surface area contributed by atoms with E-state index < -0.39 is 0 Å². The molecule has 0 unspecified atom stereocenters. The summed E-state index contributed by atoms with van der Waals surface area (Å²) in [6.07, 6.45) is 4.74. The summed E-state index contributed by atoms with van der Waals surface area (Å²) >= 11 is 0. The van der Waals surface area contributed by atoms with Gasteiger partial charge in [-0.05, 0) is 48.4 Å². The smallest absolute Gasteiger partial charge is 0.130 e. The zero-order chi connectivity index (χ0) is 17.6. The third-order valence-corrected chi connectivity index (χ3v) is 3.77. The molecule has 0 spiro atoms. The minimum absolute atomic E-state index is 0.399. The van der Waals surface area contributed by atoms with Crippen LogP contribution in [0.4, 0.5) is 0 Å². The Morgan fingerprint density at radius 2 is 1.88 bits per heavy atom. The van der Waals surface area contributed by atoms with E-state index >= 15 is 0 Å². The summed E-state index contributed by atoms with van der Waals surface area (Å²) in [4.78, 5) is 0. The minimum atomic E-state index is 0.399. The van der Waals surface area contributed by atoms with Crippen molar-refractivity contribution in [2.75, 3.05) is 6.54 Å². The molecule has 2 aromatic carbocycles. The fourth-order valence-electron chi connectivity index (χ4n) is 2.52. The second kappa shape index (κ2) is 7.33. The van der Waals surface area contributed by atoms with Crippen molar-refractivity contribution in [3.63, 3.8) is 0 Å². The Morgan fingerprint density at radius 3 is 2.52 bits per heavy atom. The minimum Gasteiger partial charge on any atom is -0.457 e. The van der Waals surface area contributed by atoms with Crippen LogP contribution < -0.4 is 10.2 Å². The van der Waals surface area contributed by atoms with E-state index in [1.54, 1.807) is 12.1 Å². The van der Waals surface area contributed by atoms with Gasteiger partial charge in [0, 0.05) is 6.42 Å². The van der Waals surface area contributed by atoms with Gasteiger partial charge in [-0.3, -0.25) is 0 Å². The van der Waals surface area contributed by atoms with Crippen LogP contribution in [0.2, 0.25) is 0 Å². The third kappa shape index (κ3) is 4.04. The van der Waals surface area contributed by atoms with Crippen molar-refractivity contribution in [1.29, 1.82) is 10.5 Å². The van der Waals surface area contributed by atoms with Crippen molar-refractivity contribution in [2.45, 2.75) is 13.3 Å². The van der Waals surface area contributed by atoms with Crippen molar-refractivity contribution in [1.82, 2.24) is 5.43 Å². The standard InChI is InChI=1S/C20H16N4O/c1-14-4-5-15(8-18-3-2-6-23-24-18)11-20(14)25-19-9-16(12-21)7-17(10-19)13-22/h2-5,7,9-11,23H,6,8H2,1H3. The van der Waals surface area contributed by atoms with Crippen molar-refractivity contribution in [3.8, 4) is 23.6 Å². The van der Waals surface area contributed by atoms with Crippen molar-refractivity contribution < 1.29 is 4.74 Å². The largest absolute Gasteiger partial charge is 0.457 e. The molecular formula is C20H16N4O. The Balaban J connectivity index is 1.86. The Kier molecular flexibility index (Phi) is 4.78. The number of nitrogens with zero attached hydrogens (tertiary/aromatic N) is 3. The predicted octanol–water partition coefficient (Wildman–Crippen LogP) is 3.59. The summed E-state index contributed by atoms with van der Waals surface area (Å²) in [5.41, 5.74) is 6.76. The molecule has 0 amide bonds. The van der Waals surface area contributed by atoms with E-state index in [2.05, 4.69) is 10.5 Å². The normalized spacial score (nSPS) is 12.5. The molecule has 0 aliphatic carbocycles. The van der Waals surface area contributed by atoms with Gasteiger partial charge in [0.05, 0.1) is 35.5 Å². The number of hydrazone groups is 1. The molecule has 122 valence electrons. The summed E-state index contributed by atoms with van der Waals surface area (Å²) in [5.74, 6) is 1.18. The number of nitriles is 2. The summed E-state index contributed by atoms with van der Waals surface area (Å²) in [6, 6.07) is 14.9. The lowest BCUT2D eigenvalue weighted by Gasteiger charge is -2.12. The topological polar surface area (TPSA) is 81.2 Å². The summed E-state index contributed by atoms with van der Waals surface area (Å²) < 4.78 is 5.95. The molecule has 1 aliphatic heterocycles. The highest BCUT2D eigenvalue weighted by atomic mass is 16.5. The lowest BCUT2D eigenvalue weighted by Crippen LogP contribution is -2.15. The summed E-state index contributed by atoms with van der Waals surface area (Å²) in [5, 5.41) is 22.5. The van der Waals surface area contributed by atoms with Gasteiger partial charge in [-0.15, -0.1) is 0 Å². The molecule has 1 N–H and O–H groups in total. The number of nitrogens with one attached hydrogen (secondary N) is 1. The molecular weight excluding hydrogens is 312 g/mol. The zero-order valence-corrected chi connectivity index (χ0v) is 13.8. The highest BCUT2D eigenvalue weighted by molar-refractivity contribution is 5.96. The number of benzene rings is 2. The fourth-order valence-corrected chi connectivity index (χ4v) is 2.52. The Labute approximate surface area is 146 Å². The van der Waals surface area contributed by atoms with E-state index in [1.807, 2.05) is 49.4 Å². The number of hydrogen-bond acceptors (Lipinski definition) is 5. The van der Waals surface area contributed by atoms with Gasteiger partial charge in [0.25, 0.3) is 0 Å². The molecule has 0 bridgehead atoms. The second-order valence-corrected chi connectivity index (χ2v) is 5.72. The average Bonchev–Trinajstić information content (AvgIpc) is 2.65. The first kappa shape index (κ1) is 16.3. The van der Waals surface area contributed by atoms with Crippen molar-refractivity contribution in [2.24, 2.45) is 5.10 Å². The highest BCUT2D eigenvalue weighted by Gasteiger charge is 2.08. The first-order valence-corrected chi connectivity index (χ1v) is 7.86. The SMILES string of the molecule is Cc1ccc(CC2=NNCC=C2)cc1Oc1cc(C#N)cc(C#N)c1. The molecule has 3 rings (SSSR count). The van der Waals surface area contributed by atoms with E-state index in [-0.39, 0.29) is 0 Å². The van der Waals surface area contributed by atoms with Gasteiger partial charge in [0.2, 0.25) is 0 Å². The maximum atomic E-state index is 9.09. The van der Waals surface area contributed by atoms with Crippen LogP contribution in [-0.4, -0.2) is 12.3 Å². The first-order valence-electron chi connectivity index (χ1n) is 7.86. The van der Waals surface area contributed by atoms with E-state index in [9.17, 15) is 0 Å². The van der Waals surface area contributed by atoms with Gasteiger partial charge < -0.3 is 10.2 Å². The fraction of sp³-hybridized carbons (Fsp3) is 0.150. The van der Waals surface area contributed by atoms with Crippen LogP contribution >= 0.6 is 0 Å². The summed E-state index contributed by atoms with van der Waals surface area (Å²) in [7, 11) is 0. The molecule has 0 atom stereocenters. The zero-order valence-electron chi connectivity index (χ0n) is 13.8. The quantitative estimate of drug-likeness (QED) is 0.930. The molecule has 0 radical (unpaired) electrons. The van der Waals surface area contributed by atoms with Crippen molar-refractivity contribution >= 4 is 5.71 Å².